The number of nitrogens with zero attached hydrogens (tertiary/aromatic N) is 7. The summed E-state index contributed by atoms with van der Waals surface area (Å²) < 4.78 is 21.1. The Morgan fingerprint density at radius 3 is 2.78 bits per heavy atom. The minimum atomic E-state index is -0.781. The molecule has 3 aromatic heterocycles. The number of ether oxygens (including phenoxy) is 4. The van der Waals surface area contributed by atoms with E-state index in [4.69, 9.17) is 35.5 Å². The number of carbonyl (C=O) groups is 1. The summed E-state index contributed by atoms with van der Waals surface area (Å²) in [6, 6.07) is 11.0. The lowest BCUT2D eigenvalue weighted by atomic mass is 9.82. The molecule has 0 unspecified atom stereocenters. The second-order valence-corrected chi connectivity index (χ2v) is 13.3. The summed E-state index contributed by atoms with van der Waals surface area (Å²) in [5.41, 5.74) is 2.20. The fraction of sp³-hybridized carbons (Fsp3) is 0.618. The van der Waals surface area contributed by atoms with Crippen LogP contribution in [0, 0.1) is 22.7 Å². The normalized spacial score (nSPS) is 20.1. The van der Waals surface area contributed by atoms with Crippen LogP contribution in [-0.4, -0.2) is 81.4 Å². The van der Waals surface area contributed by atoms with E-state index in [1.807, 2.05) is 18.2 Å². The first kappa shape index (κ1) is 36.4. The molecule has 2 fully saturated rings. The highest BCUT2D eigenvalue weighted by Gasteiger charge is 2.32. The standard InChI is InChI=1S/C34H46ClN9O5/c1-4-48-33(45)49-24(3)44-42-32(41-43-44)20-47-19-23(2)39-26-10-8-25(9-11-26)16-27-17-28(29(35)18-37-27)30-6-5-7-31(40-30)38-22-34(21-36)12-14-46-15-13-34/h5-7,17-18,23-26,39H,4,8-16,19-20,22H2,1-3H3,(H,38,40)/t23-,24+,25?,26?/m1/s1. The third-order valence-corrected chi connectivity index (χ3v) is 9.32. The molecule has 0 radical (unpaired) electrons. The molecule has 3 aromatic rings. The summed E-state index contributed by atoms with van der Waals surface area (Å²) in [6.45, 7) is 8.11. The number of hydrogen-bond donors (Lipinski definition) is 2. The molecule has 14 nitrogen and oxygen atoms in total. The molecule has 1 aliphatic carbocycles. The van der Waals surface area contributed by atoms with Crippen LogP contribution in [0.15, 0.2) is 30.5 Å². The van der Waals surface area contributed by atoms with E-state index in [-0.39, 0.29) is 19.3 Å². The number of nitriles is 1. The summed E-state index contributed by atoms with van der Waals surface area (Å²) in [6.07, 6.45) is 6.88. The maximum atomic E-state index is 11.5. The van der Waals surface area contributed by atoms with Crippen LogP contribution in [0.3, 0.4) is 0 Å². The van der Waals surface area contributed by atoms with Gasteiger partial charge in [0.15, 0.2) is 0 Å². The zero-order valence-electron chi connectivity index (χ0n) is 28.4. The van der Waals surface area contributed by atoms with Gasteiger partial charge in [0, 0.05) is 49.3 Å². The van der Waals surface area contributed by atoms with Crippen LogP contribution in [0.2, 0.25) is 5.02 Å². The lowest BCUT2D eigenvalue weighted by Gasteiger charge is -2.31. The van der Waals surface area contributed by atoms with Gasteiger partial charge in [0.2, 0.25) is 12.1 Å². The molecule has 1 aliphatic heterocycles. The summed E-state index contributed by atoms with van der Waals surface area (Å²) in [5, 5.41) is 29.6. The van der Waals surface area contributed by atoms with Crippen molar-refractivity contribution in [2.75, 3.05) is 38.3 Å². The Hall–Kier alpha value is -3.90. The van der Waals surface area contributed by atoms with Crippen LogP contribution in [0.25, 0.3) is 11.3 Å². The molecule has 4 heterocycles. The van der Waals surface area contributed by atoms with E-state index >= 15 is 0 Å². The molecule has 5 rings (SSSR count). The van der Waals surface area contributed by atoms with Crippen molar-refractivity contribution in [3.8, 4) is 17.3 Å². The van der Waals surface area contributed by atoms with Crippen molar-refractivity contribution in [3.05, 3.63) is 47.0 Å². The Kier molecular flexibility index (Phi) is 13.1. The van der Waals surface area contributed by atoms with E-state index in [1.54, 1.807) is 20.0 Å². The van der Waals surface area contributed by atoms with Crippen LogP contribution < -0.4 is 10.6 Å². The zero-order valence-corrected chi connectivity index (χ0v) is 29.2. The van der Waals surface area contributed by atoms with Gasteiger partial charge in [0.1, 0.15) is 12.4 Å². The van der Waals surface area contributed by atoms with Crippen LogP contribution in [0.1, 0.15) is 77.0 Å². The Bertz CT molecular complexity index is 1550. The SMILES string of the molecule is CCOC(=O)O[C@@H](C)n1nnc(COC[C@@H](C)NC2CCC(Cc3cc(-c4cccc(NCC5(C#N)CCOCC5)n4)c(Cl)cn3)CC2)n1. The number of rotatable bonds is 15. The number of pyridine rings is 2. The Balaban J connectivity index is 1.04. The van der Waals surface area contributed by atoms with Crippen LogP contribution >= 0.6 is 11.6 Å². The highest BCUT2D eigenvalue weighted by molar-refractivity contribution is 6.33. The largest absolute Gasteiger partial charge is 0.510 e. The van der Waals surface area contributed by atoms with E-state index in [2.05, 4.69) is 50.1 Å². The van der Waals surface area contributed by atoms with Gasteiger partial charge in [-0.2, -0.15) is 5.26 Å². The van der Waals surface area contributed by atoms with Crippen molar-refractivity contribution >= 4 is 23.6 Å². The molecule has 1 saturated heterocycles. The number of aromatic nitrogens is 6. The van der Waals surface area contributed by atoms with Crippen LogP contribution in [0.5, 0.6) is 0 Å². The quantitative estimate of drug-likeness (QED) is 0.191. The summed E-state index contributed by atoms with van der Waals surface area (Å²) in [4.78, 5) is 22.2. The summed E-state index contributed by atoms with van der Waals surface area (Å²) in [7, 11) is 0. The maximum Gasteiger partial charge on any atom is 0.510 e. The van der Waals surface area contributed by atoms with E-state index in [0.717, 1.165) is 54.9 Å². The Morgan fingerprint density at radius 2 is 2.02 bits per heavy atom. The average Bonchev–Trinajstić information content (AvgIpc) is 3.59. The van der Waals surface area contributed by atoms with Crippen molar-refractivity contribution < 1.29 is 23.7 Å². The number of nitrogens with one attached hydrogen (secondary N) is 2. The highest BCUT2D eigenvalue weighted by atomic mass is 35.5. The monoisotopic (exact) mass is 695 g/mol. The van der Waals surface area contributed by atoms with E-state index < -0.39 is 17.8 Å². The lowest BCUT2D eigenvalue weighted by molar-refractivity contribution is -0.00552. The first-order valence-corrected chi connectivity index (χ1v) is 17.4. The minimum Gasteiger partial charge on any atom is -0.435 e. The number of tetrazole rings is 1. The van der Waals surface area contributed by atoms with Crippen molar-refractivity contribution in [1.82, 2.24) is 35.5 Å². The molecule has 0 bridgehead atoms. The predicted octanol–water partition coefficient (Wildman–Crippen LogP) is 5.50. The summed E-state index contributed by atoms with van der Waals surface area (Å²) >= 11 is 6.62. The maximum absolute atomic E-state index is 11.5. The van der Waals surface area contributed by atoms with Gasteiger partial charge in [-0.25, -0.2) is 9.78 Å². The van der Waals surface area contributed by atoms with E-state index in [9.17, 15) is 10.1 Å². The van der Waals surface area contributed by atoms with Crippen molar-refractivity contribution in [2.45, 2.75) is 90.6 Å². The molecule has 2 atom stereocenters. The molecule has 0 spiro atoms. The molecule has 2 aliphatic rings. The second kappa shape index (κ2) is 17.7. The average molecular weight is 696 g/mol. The van der Waals surface area contributed by atoms with Crippen molar-refractivity contribution in [3.63, 3.8) is 0 Å². The molecular formula is C34H46ClN9O5. The van der Waals surface area contributed by atoms with Gasteiger partial charge in [0.25, 0.3) is 0 Å². The molecular weight excluding hydrogens is 650 g/mol. The topological polar surface area (TPSA) is 171 Å². The molecule has 0 amide bonds. The number of halogens is 1. The van der Waals surface area contributed by atoms with Gasteiger partial charge in [-0.15, -0.1) is 15.0 Å². The first-order chi connectivity index (χ1) is 23.8. The smallest absolute Gasteiger partial charge is 0.435 e. The van der Waals surface area contributed by atoms with Gasteiger partial charge in [0.05, 0.1) is 35.4 Å². The fourth-order valence-corrected chi connectivity index (χ4v) is 6.44. The van der Waals surface area contributed by atoms with Gasteiger partial charge < -0.3 is 29.6 Å². The number of hydrogen-bond acceptors (Lipinski definition) is 13. The molecule has 49 heavy (non-hydrogen) atoms. The van der Waals surface area contributed by atoms with Crippen molar-refractivity contribution in [1.29, 1.82) is 5.26 Å². The lowest BCUT2D eigenvalue weighted by Crippen LogP contribution is -2.41. The van der Waals surface area contributed by atoms with Gasteiger partial charge in [-0.05, 0) is 95.0 Å². The van der Waals surface area contributed by atoms with Crippen molar-refractivity contribution in [2.24, 2.45) is 11.3 Å². The highest BCUT2D eigenvalue weighted by Crippen LogP contribution is 2.33. The number of anilines is 1. The zero-order chi connectivity index (χ0) is 34.6. The minimum absolute atomic E-state index is 0.156. The first-order valence-electron chi connectivity index (χ1n) is 17.1. The molecule has 15 heteroatoms. The molecule has 1 saturated carbocycles. The second-order valence-electron chi connectivity index (χ2n) is 12.9. The molecule has 264 valence electrons. The van der Waals surface area contributed by atoms with E-state index in [1.165, 1.54) is 4.80 Å². The van der Waals surface area contributed by atoms with Gasteiger partial charge >= 0.3 is 6.16 Å². The predicted molar refractivity (Wildman–Crippen MR) is 181 cm³/mol. The van der Waals surface area contributed by atoms with Gasteiger partial charge in [-0.3, -0.25) is 4.98 Å². The van der Waals surface area contributed by atoms with E-state index in [0.29, 0.717) is 62.0 Å². The Labute approximate surface area is 292 Å². The van der Waals surface area contributed by atoms with Crippen LogP contribution in [-0.2, 0) is 32.0 Å². The molecule has 0 aromatic carbocycles. The third kappa shape index (κ3) is 10.5. The summed E-state index contributed by atoms with van der Waals surface area (Å²) in [5.74, 6) is 1.67. The fourth-order valence-electron chi connectivity index (χ4n) is 6.24. The Morgan fingerprint density at radius 1 is 1.22 bits per heavy atom. The third-order valence-electron chi connectivity index (χ3n) is 9.02. The van der Waals surface area contributed by atoms with Crippen LogP contribution in [0.4, 0.5) is 10.6 Å². The molecule has 2 N–H and O–H groups in total. The number of carbonyl (C=O) groups excluding carboxylic acids is 1. The van der Waals surface area contributed by atoms with Gasteiger partial charge in [-0.1, -0.05) is 17.7 Å².